The summed E-state index contributed by atoms with van der Waals surface area (Å²) in [6.45, 7) is 0. The summed E-state index contributed by atoms with van der Waals surface area (Å²) in [7, 11) is 0. The predicted octanol–water partition coefficient (Wildman–Crippen LogP) is 3.94. The lowest BCUT2D eigenvalue weighted by molar-refractivity contribution is -0.150. The molecule has 0 heterocycles. The minimum Gasteiger partial charge on any atom is -0.481 e. The summed E-state index contributed by atoms with van der Waals surface area (Å²) >= 11 is 3.39. The van der Waals surface area contributed by atoms with Crippen LogP contribution in [0, 0.1) is 5.92 Å². The fourth-order valence-electron chi connectivity index (χ4n) is 3.52. The number of amides is 1. The summed E-state index contributed by atoms with van der Waals surface area (Å²) in [5.41, 5.74) is 0.713. The highest BCUT2D eigenvalue weighted by Gasteiger charge is 2.44. The molecule has 6 nitrogen and oxygen atoms in total. The number of aliphatic carboxylic acids is 2. The zero-order chi connectivity index (χ0) is 20.3. The molecule has 0 atom stereocenters. The van der Waals surface area contributed by atoms with Gasteiger partial charge in [-0.15, -0.1) is 0 Å². The molecule has 1 aliphatic carbocycles. The number of nitrogens with one attached hydrogen (secondary N) is 1. The lowest BCUT2D eigenvalue weighted by atomic mass is 9.76. The van der Waals surface area contributed by atoms with Crippen LogP contribution >= 0.6 is 15.9 Å². The van der Waals surface area contributed by atoms with Crippen molar-refractivity contribution in [2.75, 3.05) is 0 Å². The van der Waals surface area contributed by atoms with Gasteiger partial charge in [0.05, 0.1) is 5.92 Å². The number of rotatable bonds is 5. The van der Waals surface area contributed by atoms with Gasteiger partial charge in [-0.3, -0.25) is 9.59 Å². The first kappa shape index (κ1) is 20.1. The van der Waals surface area contributed by atoms with Crippen LogP contribution in [0.25, 0.3) is 11.1 Å². The van der Waals surface area contributed by atoms with E-state index in [-0.39, 0.29) is 25.7 Å². The Hall–Kier alpha value is -2.67. The van der Waals surface area contributed by atoms with Crippen LogP contribution in [0.1, 0.15) is 36.0 Å². The molecule has 0 unspecified atom stereocenters. The molecule has 0 aromatic heterocycles. The Morgan fingerprint density at radius 3 is 2.18 bits per heavy atom. The average Bonchev–Trinajstić information content (AvgIpc) is 2.69. The van der Waals surface area contributed by atoms with E-state index in [2.05, 4.69) is 21.2 Å². The number of halogens is 1. The predicted molar refractivity (Wildman–Crippen MR) is 107 cm³/mol. The number of benzene rings is 2. The fraction of sp³-hybridized carbons (Fsp3) is 0.286. The highest BCUT2D eigenvalue weighted by atomic mass is 79.9. The third-order valence-electron chi connectivity index (χ3n) is 5.25. The van der Waals surface area contributed by atoms with E-state index < -0.39 is 29.3 Å². The van der Waals surface area contributed by atoms with Crippen molar-refractivity contribution in [3.05, 3.63) is 58.6 Å². The molecular formula is C21H20BrNO5. The summed E-state index contributed by atoms with van der Waals surface area (Å²) in [5.74, 6) is -3.10. The average molecular weight is 446 g/mol. The Balaban J connectivity index is 1.80. The lowest BCUT2D eigenvalue weighted by Gasteiger charge is -2.36. The largest absolute Gasteiger partial charge is 0.481 e. The quantitative estimate of drug-likeness (QED) is 0.646. The standard InChI is InChI=1S/C21H20BrNO5/c22-17-6-4-13(5-7-17)15-2-1-3-16(12-15)18(24)23-21(20(27)28)10-8-14(9-11-21)19(25)26/h1-7,12,14H,8-11H2,(H,23,24)(H,25,26)(H,27,28). The van der Waals surface area contributed by atoms with Crippen molar-refractivity contribution < 1.29 is 24.6 Å². The van der Waals surface area contributed by atoms with Crippen LogP contribution in [0.3, 0.4) is 0 Å². The van der Waals surface area contributed by atoms with Gasteiger partial charge in [0.25, 0.3) is 5.91 Å². The van der Waals surface area contributed by atoms with Gasteiger partial charge in [-0.1, -0.05) is 40.2 Å². The summed E-state index contributed by atoms with van der Waals surface area (Å²) in [6.07, 6.45) is 0.635. The Kier molecular flexibility index (Phi) is 5.84. The van der Waals surface area contributed by atoms with Crippen LogP contribution in [0.15, 0.2) is 53.0 Å². The molecule has 0 radical (unpaired) electrons. The van der Waals surface area contributed by atoms with Crippen LogP contribution in [-0.4, -0.2) is 33.6 Å². The number of carboxylic acids is 2. The SMILES string of the molecule is O=C(NC1(C(=O)O)CCC(C(=O)O)CC1)c1cccc(-c2ccc(Br)cc2)c1. The molecule has 2 aromatic rings. The number of carboxylic acid groups (broad SMARTS) is 2. The van der Waals surface area contributed by atoms with E-state index in [1.165, 1.54) is 0 Å². The van der Waals surface area contributed by atoms with E-state index in [9.17, 15) is 19.5 Å². The third-order valence-corrected chi connectivity index (χ3v) is 5.78. The van der Waals surface area contributed by atoms with Gasteiger partial charge < -0.3 is 15.5 Å². The van der Waals surface area contributed by atoms with Gasteiger partial charge >= 0.3 is 11.9 Å². The van der Waals surface area contributed by atoms with Crippen LogP contribution in [0.4, 0.5) is 0 Å². The molecule has 1 saturated carbocycles. The monoisotopic (exact) mass is 445 g/mol. The van der Waals surface area contributed by atoms with E-state index in [1.807, 2.05) is 30.3 Å². The van der Waals surface area contributed by atoms with Gasteiger partial charge in [0.1, 0.15) is 5.54 Å². The maximum atomic E-state index is 12.8. The van der Waals surface area contributed by atoms with E-state index >= 15 is 0 Å². The van der Waals surface area contributed by atoms with Crippen molar-refractivity contribution in [2.24, 2.45) is 5.92 Å². The molecule has 2 aromatic carbocycles. The number of carbonyl (C=O) groups excluding carboxylic acids is 1. The molecule has 7 heteroatoms. The Bertz CT molecular complexity index is 901. The van der Waals surface area contributed by atoms with Gasteiger partial charge in [0.2, 0.25) is 0 Å². The maximum Gasteiger partial charge on any atom is 0.329 e. The van der Waals surface area contributed by atoms with Gasteiger partial charge in [-0.05, 0) is 61.1 Å². The Morgan fingerprint density at radius 1 is 0.964 bits per heavy atom. The summed E-state index contributed by atoms with van der Waals surface area (Å²) < 4.78 is 0.950. The molecule has 0 bridgehead atoms. The molecule has 1 amide bonds. The minimum atomic E-state index is -1.43. The molecule has 3 rings (SSSR count). The number of hydrogen-bond donors (Lipinski definition) is 3. The van der Waals surface area contributed by atoms with Gasteiger partial charge in [-0.25, -0.2) is 4.79 Å². The van der Waals surface area contributed by atoms with E-state index in [4.69, 9.17) is 5.11 Å². The summed E-state index contributed by atoms with van der Waals surface area (Å²) in [6, 6.07) is 14.6. The smallest absolute Gasteiger partial charge is 0.329 e. The Morgan fingerprint density at radius 2 is 1.61 bits per heavy atom. The van der Waals surface area contributed by atoms with Crippen molar-refractivity contribution in [1.82, 2.24) is 5.32 Å². The molecular weight excluding hydrogens is 426 g/mol. The van der Waals surface area contributed by atoms with Crippen LogP contribution < -0.4 is 5.32 Å². The van der Waals surface area contributed by atoms with Crippen molar-refractivity contribution in [1.29, 1.82) is 0 Å². The van der Waals surface area contributed by atoms with E-state index in [0.717, 1.165) is 15.6 Å². The van der Waals surface area contributed by atoms with Gasteiger partial charge in [0, 0.05) is 10.0 Å². The minimum absolute atomic E-state index is 0.0947. The van der Waals surface area contributed by atoms with Crippen LogP contribution in [-0.2, 0) is 9.59 Å². The van der Waals surface area contributed by atoms with Gasteiger partial charge in [0.15, 0.2) is 0 Å². The molecule has 3 N–H and O–H groups in total. The molecule has 1 fully saturated rings. The normalized spacial score (nSPS) is 21.7. The van der Waals surface area contributed by atoms with E-state index in [0.29, 0.717) is 5.56 Å². The number of carbonyl (C=O) groups is 3. The molecule has 28 heavy (non-hydrogen) atoms. The van der Waals surface area contributed by atoms with Crippen molar-refractivity contribution >= 4 is 33.8 Å². The first-order valence-electron chi connectivity index (χ1n) is 8.95. The first-order valence-corrected chi connectivity index (χ1v) is 9.75. The molecule has 1 aliphatic rings. The first-order chi connectivity index (χ1) is 13.3. The molecule has 0 saturated heterocycles. The number of hydrogen-bond acceptors (Lipinski definition) is 3. The lowest BCUT2D eigenvalue weighted by Crippen LogP contribution is -2.56. The maximum absolute atomic E-state index is 12.8. The Labute approximate surface area is 170 Å². The second kappa shape index (κ2) is 8.14. The van der Waals surface area contributed by atoms with Crippen LogP contribution in [0.2, 0.25) is 0 Å². The zero-order valence-electron chi connectivity index (χ0n) is 15.0. The second-order valence-corrected chi connectivity index (χ2v) is 7.96. The topological polar surface area (TPSA) is 104 Å². The fourth-order valence-corrected chi connectivity index (χ4v) is 3.79. The molecule has 0 spiro atoms. The zero-order valence-corrected chi connectivity index (χ0v) is 16.6. The van der Waals surface area contributed by atoms with Crippen molar-refractivity contribution in [2.45, 2.75) is 31.2 Å². The van der Waals surface area contributed by atoms with Crippen molar-refractivity contribution in [3.8, 4) is 11.1 Å². The van der Waals surface area contributed by atoms with Gasteiger partial charge in [-0.2, -0.15) is 0 Å². The molecule has 146 valence electrons. The second-order valence-electron chi connectivity index (χ2n) is 7.04. The highest BCUT2D eigenvalue weighted by molar-refractivity contribution is 9.10. The summed E-state index contributed by atoms with van der Waals surface area (Å²) in [4.78, 5) is 35.8. The third kappa shape index (κ3) is 4.25. The van der Waals surface area contributed by atoms with E-state index in [1.54, 1.807) is 18.2 Å². The highest BCUT2D eigenvalue weighted by Crippen LogP contribution is 2.33. The summed E-state index contributed by atoms with van der Waals surface area (Å²) in [5, 5.41) is 21.5. The van der Waals surface area contributed by atoms with Crippen LogP contribution in [0.5, 0.6) is 0 Å². The van der Waals surface area contributed by atoms with Crippen molar-refractivity contribution in [3.63, 3.8) is 0 Å². The molecule has 0 aliphatic heterocycles.